The lowest BCUT2D eigenvalue weighted by atomic mass is 10.2. The van der Waals surface area contributed by atoms with Gasteiger partial charge in [-0.25, -0.2) is 8.42 Å². The van der Waals surface area contributed by atoms with Crippen LogP contribution in [0, 0.1) is 13.8 Å². The lowest BCUT2D eigenvalue weighted by Gasteiger charge is -2.27. The van der Waals surface area contributed by atoms with Gasteiger partial charge in [0.15, 0.2) is 0 Å². The van der Waals surface area contributed by atoms with Gasteiger partial charge in [-0.3, -0.25) is 4.79 Å². The first kappa shape index (κ1) is 27.1. The van der Waals surface area contributed by atoms with Crippen LogP contribution in [0.5, 0.6) is 0 Å². The summed E-state index contributed by atoms with van der Waals surface area (Å²) in [5, 5.41) is 0. The van der Waals surface area contributed by atoms with E-state index in [0.717, 1.165) is 16.0 Å². The molecule has 3 aromatic rings. The Kier molecular flexibility index (Phi) is 10.0. The molecule has 0 aliphatic carbocycles. The van der Waals surface area contributed by atoms with Crippen molar-refractivity contribution >= 4 is 27.3 Å². The molecule has 0 bridgehead atoms. The van der Waals surface area contributed by atoms with Crippen molar-refractivity contribution in [3.05, 3.63) is 87.6 Å². The van der Waals surface area contributed by atoms with Crippen molar-refractivity contribution in [3.63, 3.8) is 0 Å². The van der Waals surface area contributed by atoms with Crippen LogP contribution in [0.4, 0.5) is 0 Å². The molecule has 0 atom stereocenters. The van der Waals surface area contributed by atoms with Gasteiger partial charge in [0.05, 0.1) is 18.0 Å². The Labute approximate surface area is 213 Å². The van der Waals surface area contributed by atoms with E-state index in [0.29, 0.717) is 32.7 Å². The number of carbonyl (C=O) groups excluding carboxylic acids is 1. The quantitative estimate of drug-likeness (QED) is 0.301. The molecule has 0 fully saturated rings. The lowest BCUT2D eigenvalue weighted by Crippen LogP contribution is -2.43. The van der Waals surface area contributed by atoms with E-state index in [1.165, 1.54) is 9.18 Å². The molecule has 35 heavy (non-hydrogen) atoms. The van der Waals surface area contributed by atoms with Gasteiger partial charge in [-0.1, -0.05) is 48.0 Å². The van der Waals surface area contributed by atoms with Gasteiger partial charge < -0.3 is 9.64 Å². The largest absolute Gasteiger partial charge is 0.382 e. The summed E-state index contributed by atoms with van der Waals surface area (Å²) in [5.74, 6) is -0.230. The average Bonchev–Trinajstić information content (AvgIpc) is 3.26. The molecular weight excluding hydrogens is 480 g/mol. The molecule has 0 aliphatic heterocycles. The third kappa shape index (κ3) is 8.00. The fraction of sp³-hybridized carbons (Fsp3) is 0.370. The number of nitrogens with zero attached hydrogens (tertiary/aromatic N) is 2. The van der Waals surface area contributed by atoms with Gasteiger partial charge in [0.1, 0.15) is 0 Å². The molecule has 6 nitrogen and oxygen atoms in total. The summed E-state index contributed by atoms with van der Waals surface area (Å²) in [6, 6.07) is 20.6. The fourth-order valence-electron chi connectivity index (χ4n) is 3.68. The van der Waals surface area contributed by atoms with Gasteiger partial charge >= 0.3 is 0 Å². The minimum atomic E-state index is -3.84. The van der Waals surface area contributed by atoms with Gasteiger partial charge in [-0.05, 0) is 57.0 Å². The summed E-state index contributed by atoms with van der Waals surface area (Å²) in [6.45, 7) is 7.68. The molecule has 1 heterocycles. The van der Waals surface area contributed by atoms with Crippen LogP contribution in [0.1, 0.15) is 34.2 Å². The van der Waals surface area contributed by atoms with Crippen molar-refractivity contribution in [2.45, 2.75) is 45.2 Å². The Balaban J connectivity index is 1.84. The highest BCUT2D eigenvalue weighted by molar-refractivity contribution is 7.89. The Bertz CT molecular complexity index is 1180. The smallest absolute Gasteiger partial charge is 0.243 e. The van der Waals surface area contributed by atoms with Crippen molar-refractivity contribution < 1.29 is 17.9 Å². The van der Waals surface area contributed by atoms with Crippen LogP contribution in [0.2, 0.25) is 0 Å². The number of sulfonamides is 1. The highest BCUT2D eigenvalue weighted by Crippen LogP contribution is 2.21. The first-order valence-corrected chi connectivity index (χ1v) is 14.1. The van der Waals surface area contributed by atoms with Crippen molar-refractivity contribution in [3.8, 4) is 0 Å². The van der Waals surface area contributed by atoms with E-state index in [4.69, 9.17) is 4.74 Å². The van der Waals surface area contributed by atoms with Crippen LogP contribution in [0.3, 0.4) is 0 Å². The minimum absolute atomic E-state index is 0.191. The van der Waals surface area contributed by atoms with E-state index in [1.54, 1.807) is 40.5 Å². The standard InChI is InChI=1S/C27H34N2O4S2/c1-4-33-18-8-17-29(35(31,32)26-15-11-22(2)12-16-26)21-27(30)28(19-24-9-6-5-7-10-24)20-25-14-13-23(3)34-25/h5-7,9-16H,4,8,17-21H2,1-3H3. The minimum Gasteiger partial charge on any atom is -0.382 e. The van der Waals surface area contributed by atoms with E-state index < -0.39 is 10.0 Å². The lowest BCUT2D eigenvalue weighted by molar-refractivity contribution is -0.132. The molecular formula is C27H34N2O4S2. The van der Waals surface area contributed by atoms with Crippen LogP contribution < -0.4 is 0 Å². The highest BCUT2D eigenvalue weighted by Gasteiger charge is 2.28. The van der Waals surface area contributed by atoms with Crippen LogP contribution >= 0.6 is 11.3 Å². The second-order valence-corrected chi connectivity index (χ2v) is 11.8. The maximum absolute atomic E-state index is 13.6. The van der Waals surface area contributed by atoms with E-state index >= 15 is 0 Å². The second kappa shape index (κ2) is 13.0. The van der Waals surface area contributed by atoms with Crippen LogP contribution in [0.25, 0.3) is 0 Å². The molecule has 0 radical (unpaired) electrons. The maximum atomic E-state index is 13.6. The summed E-state index contributed by atoms with van der Waals surface area (Å²) in [4.78, 5) is 17.7. The zero-order valence-corrected chi connectivity index (χ0v) is 22.3. The molecule has 8 heteroatoms. The van der Waals surface area contributed by atoms with Crippen LogP contribution in [0.15, 0.2) is 71.6 Å². The molecule has 0 saturated carbocycles. The average molecular weight is 515 g/mol. The predicted molar refractivity (Wildman–Crippen MR) is 141 cm³/mol. The van der Waals surface area contributed by atoms with Gasteiger partial charge in [0, 0.05) is 36.1 Å². The number of hydrogen-bond acceptors (Lipinski definition) is 5. The Hall–Kier alpha value is -2.52. The van der Waals surface area contributed by atoms with Crippen molar-refractivity contribution in [1.29, 1.82) is 0 Å². The van der Waals surface area contributed by atoms with Gasteiger partial charge in [0.25, 0.3) is 0 Å². The van der Waals surface area contributed by atoms with Crippen molar-refractivity contribution in [1.82, 2.24) is 9.21 Å². The molecule has 3 rings (SSSR count). The summed E-state index contributed by atoms with van der Waals surface area (Å²) < 4.78 is 33.7. The Morgan fingerprint density at radius 3 is 2.29 bits per heavy atom. The molecule has 0 aliphatic rings. The molecule has 0 spiro atoms. The summed E-state index contributed by atoms with van der Waals surface area (Å²) in [7, 11) is -3.84. The normalized spacial score (nSPS) is 11.7. The van der Waals surface area contributed by atoms with Crippen molar-refractivity contribution in [2.75, 3.05) is 26.3 Å². The summed E-state index contributed by atoms with van der Waals surface area (Å²) >= 11 is 1.64. The number of rotatable bonds is 13. The van der Waals surface area contributed by atoms with Gasteiger partial charge in [0.2, 0.25) is 15.9 Å². The molecule has 0 N–H and O–H groups in total. The zero-order valence-electron chi connectivity index (χ0n) is 20.6. The molecule has 1 aromatic heterocycles. The fourth-order valence-corrected chi connectivity index (χ4v) is 6.01. The Morgan fingerprint density at radius 1 is 0.943 bits per heavy atom. The Morgan fingerprint density at radius 2 is 1.66 bits per heavy atom. The number of aryl methyl sites for hydroxylation is 2. The molecule has 0 saturated heterocycles. The van der Waals surface area contributed by atoms with E-state index in [1.807, 2.05) is 63.2 Å². The number of ether oxygens (including phenoxy) is 1. The van der Waals surface area contributed by atoms with Gasteiger partial charge in [-0.15, -0.1) is 11.3 Å². The third-order valence-electron chi connectivity index (χ3n) is 5.58. The molecule has 2 aromatic carbocycles. The van der Waals surface area contributed by atoms with E-state index in [2.05, 4.69) is 0 Å². The number of benzene rings is 2. The van der Waals surface area contributed by atoms with Crippen LogP contribution in [-0.2, 0) is 32.6 Å². The SMILES string of the molecule is CCOCCCN(CC(=O)N(Cc1ccccc1)Cc1ccc(C)s1)S(=O)(=O)c1ccc(C)cc1. The van der Waals surface area contributed by atoms with Crippen LogP contribution in [-0.4, -0.2) is 49.8 Å². The van der Waals surface area contributed by atoms with Gasteiger partial charge in [-0.2, -0.15) is 4.31 Å². The first-order chi connectivity index (χ1) is 16.8. The first-order valence-electron chi connectivity index (χ1n) is 11.8. The highest BCUT2D eigenvalue weighted by atomic mass is 32.2. The number of hydrogen-bond donors (Lipinski definition) is 0. The van der Waals surface area contributed by atoms with E-state index in [-0.39, 0.29) is 23.9 Å². The number of amides is 1. The number of carbonyl (C=O) groups is 1. The zero-order chi connectivity index (χ0) is 25.3. The molecule has 1 amide bonds. The topological polar surface area (TPSA) is 66.9 Å². The third-order valence-corrected chi connectivity index (χ3v) is 8.43. The van der Waals surface area contributed by atoms with E-state index in [9.17, 15) is 13.2 Å². The number of thiophene rings is 1. The monoisotopic (exact) mass is 514 g/mol. The maximum Gasteiger partial charge on any atom is 0.243 e. The molecule has 0 unspecified atom stereocenters. The van der Waals surface area contributed by atoms with Crippen molar-refractivity contribution in [2.24, 2.45) is 0 Å². The predicted octanol–water partition coefficient (Wildman–Crippen LogP) is 5.01. The second-order valence-electron chi connectivity index (χ2n) is 8.45. The summed E-state index contributed by atoms with van der Waals surface area (Å²) in [5.41, 5.74) is 1.97. The summed E-state index contributed by atoms with van der Waals surface area (Å²) in [6.07, 6.45) is 0.509. The molecule has 188 valence electrons.